The molecule has 1 saturated heterocycles. The van der Waals surface area contributed by atoms with Crippen LogP contribution < -0.4 is 10.6 Å². The first-order valence-corrected chi connectivity index (χ1v) is 10.4. The minimum absolute atomic E-state index is 0.0780. The second-order valence-corrected chi connectivity index (χ2v) is 8.10. The van der Waals surface area contributed by atoms with Crippen molar-refractivity contribution in [3.05, 3.63) is 51.6 Å². The Morgan fingerprint density at radius 1 is 1.31 bits per heavy atom. The van der Waals surface area contributed by atoms with Gasteiger partial charge in [0.2, 0.25) is 0 Å². The van der Waals surface area contributed by atoms with Gasteiger partial charge in [0.1, 0.15) is 5.82 Å². The summed E-state index contributed by atoms with van der Waals surface area (Å²) in [4.78, 5) is 17.1. The maximum atomic E-state index is 12.8. The van der Waals surface area contributed by atoms with E-state index in [1.807, 2.05) is 6.92 Å². The SMILES string of the molecule is CC(CO)c1cc(Nc2ccc(Cl)cc2Cl)ncc1C(=O)NCC1CCOCC1. The molecule has 1 aliphatic rings. The van der Waals surface area contributed by atoms with Gasteiger partial charge in [0.15, 0.2) is 0 Å². The third kappa shape index (κ3) is 5.82. The normalized spacial score (nSPS) is 15.7. The Morgan fingerprint density at radius 2 is 2.07 bits per heavy atom. The maximum Gasteiger partial charge on any atom is 0.253 e. The smallest absolute Gasteiger partial charge is 0.253 e. The molecular weight excluding hydrogens is 413 g/mol. The van der Waals surface area contributed by atoms with Gasteiger partial charge in [-0.05, 0) is 48.6 Å². The molecule has 0 spiro atoms. The third-order valence-corrected chi connectivity index (χ3v) is 5.62. The van der Waals surface area contributed by atoms with E-state index in [9.17, 15) is 9.90 Å². The number of amides is 1. The van der Waals surface area contributed by atoms with Crippen molar-refractivity contribution in [3.63, 3.8) is 0 Å². The number of benzene rings is 1. The number of anilines is 2. The molecule has 2 heterocycles. The van der Waals surface area contributed by atoms with Crippen molar-refractivity contribution in [2.75, 3.05) is 31.7 Å². The number of hydrogen-bond donors (Lipinski definition) is 3. The number of nitrogens with zero attached hydrogens (tertiary/aromatic N) is 1. The molecule has 8 heteroatoms. The quantitative estimate of drug-likeness (QED) is 0.598. The van der Waals surface area contributed by atoms with Crippen molar-refractivity contribution in [1.82, 2.24) is 10.3 Å². The van der Waals surface area contributed by atoms with Crippen molar-refractivity contribution in [1.29, 1.82) is 0 Å². The Labute approximate surface area is 180 Å². The highest BCUT2D eigenvalue weighted by Crippen LogP contribution is 2.29. The number of aliphatic hydroxyl groups is 1. The molecule has 156 valence electrons. The van der Waals surface area contributed by atoms with Crippen LogP contribution in [0.2, 0.25) is 10.0 Å². The number of aromatic nitrogens is 1. The van der Waals surface area contributed by atoms with Crippen LogP contribution in [0.1, 0.15) is 41.6 Å². The van der Waals surface area contributed by atoms with Crippen LogP contribution in [-0.4, -0.2) is 42.4 Å². The van der Waals surface area contributed by atoms with Crippen molar-refractivity contribution < 1.29 is 14.6 Å². The van der Waals surface area contributed by atoms with Gasteiger partial charge in [0.25, 0.3) is 5.91 Å². The summed E-state index contributed by atoms with van der Waals surface area (Å²) in [6, 6.07) is 6.90. The molecular formula is C21H25Cl2N3O3. The van der Waals surface area contributed by atoms with Gasteiger partial charge in [-0.3, -0.25) is 4.79 Å². The van der Waals surface area contributed by atoms with Gasteiger partial charge in [-0.2, -0.15) is 0 Å². The number of pyridine rings is 1. The average molecular weight is 438 g/mol. The predicted octanol–water partition coefficient (Wildman–Crippen LogP) is 4.38. The molecule has 0 aliphatic carbocycles. The molecule has 1 unspecified atom stereocenters. The standard InChI is InChI=1S/C21H25Cl2N3O3/c1-13(12-27)16-9-20(26-19-3-2-15(22)8-18(19)23)24-11-17(16)21(28)25-10-14-4-6-29-7-5-14/h2-3,8-9,11,13-14,27H,4-7,10,12H2,1H3,(H,24,26)(H,25,28). The fraction of sp³-hybridized carbons (Fsp3) is 0.429. The van der Waals surface area contributed by atoms with Crippen molar-refractivity contribution in [2.24, 2.45) is 5.92 Å². The average Bonchev–Trinajstić information content (AvgIpc) is 2.74. The summed E-state index contributed by atoms with van der Waals surface area (Å²) in [5, 5.41) is 16.8. The molecule has 1 amide bonds. The molecule has 1 aromatic carbocycles. The first-order chi connectivity index (χ1) is 14.0. The Balaban J connectivity index is 1.77. The lowest BCUT2D eigenvalue weighted by Crippen LogP contribution is -2.33. The number of carbonyl (C=O) groups is 1. The van der Waals surface area contributed by atoms with Gasteiger partial charge in [-0.15, -0.1) is 0 Å². The molecule has 2 aromatic rings. The first-order valence-electron chi connectivity index (χ1n) is 9.66. The summed E-state index contributed by atoms with van der Waals surface area (Å²) in [5.41, 5.74) is 1.84. The molecule has 29 heavy (non-hydrogen) atoms. The maximum absolute atomic E-state index is 12.8. The van der Waals surface area contributed by atoms with E-state index < -0.39 is 0 Å². The van der Waals surface area contributed by atoms with Crippen LogP contribution in [0.3, 0.4) is 0 Å². The van der Waals surface area contributed by atoms with Gasteiger partial charge in [0.05, 0.1) is 16.3 Å². The number of hydrogen-bond acceptors (Lipinski definition) is 5. The lowest BCUT2D eigenvalue weighted by molar-refractivity contribution is 0.0642. The van der Waals surface area contributed by atoms with E-state index in [2.05, 4.69) is 15.6 Å². The summed E-state index contributed by atoms with van der Waals surface area (Å²) in [6.45, 7) is 3.87. The molecule has 1 aliphatic heterocycles. The van der Waals surface area contributed by atoms with Crippen LogP contribution in [0, 0.1) is 5.92 Å². The fourth-order valence-corrected chi connectivity index (χ4v) is 3.70. The van der Waals surface area contributed by atoms with E-state index in [-0.39, 0.29) is 18.4 Å². The Kier molecular flexibility index (Phi) is 7.72. The zero-order valence-electron chi connectivity index (χ0n) is 16.3. The summed E-state index contributed by atoms with van der Waals surface area (Å²) >= 11 is 12.2. The Bertz CT molecular complexity index is 857. The molecule has 0 bridgehead atoms. The van der Waals surface area contributed by atoms with Crippen LogP contribution >= 0.6 is 23.2 Å². The highest BCUT2D eigenvalue weighted by Gasteiger charge is 2.20. The monoisotopic (exact) mass is 437 g/mol. The minimum atomic E-state index is -0.219. The largest absolute Gasteiger partial charge is 0.396 e. The second kappa shape index (κ2) is 10.3. The van der Waals surface area contributed by atoms with E-state index in [4.69, 9.17) is 27.9 Å². The van der Waals surface area contributed by atoms with E-state index in [0.717, 1.165) is 31.6 Å². The number of halogens is 2. The van der Waals surface area contributed by atoms with Gasteiger partial charge in [-0.25, -0.2) is 4.98 Å². The molecule has 3 N–H and O–H groups in total. The number of nitrogens with one attached hydrogen (secondary N) is 2. The van der Waals surface area contributed by atoms with Gasteiger partial charge in [-0.1, -0.05) is 30.1 Å². The topological polar surface area (TPSA) is 83.5 Å². The lowest BCUT2D eigenvalue weighted by atomic mass is 9.96. The number of carbonyl (C=O) groups excluding carboxylic acids is 1. The molecule has 1 atom stereocenters. The van der Waals surface area contributed by atoms with Crippen LogP contribution in [0.15, 0.2) is 30.5 Å². The Hall–Kier alpha value is -1.86. The fourth-order valence-electron chi connectivity index (χ4n) is 3.25. The molecule has 6 nitrogen and oxygen atoms in total. The zero-order chi connectivity index (χ0) is 20.8. The number of aliphatic hydroxyl groups excluding tert-OH is 1. The molecule has 1 fully saturated rings. The molecule has 0 saturated carbocycles. The van der Waals surface area contributed by atoms with Gasteiger partial charge < -0.3 is 20.5 Å². The zero-order valence-corrected chi connectivity index (χ0v) is 17.8. The minimum Gasteiger partial charge on any atom is -0.396 e. The van der Waals surface area contributed by atoms with E-state index >= 15 is 0 Å². The summed E-state index contributed by atoms with van der Waals surface area (Å²) < 4.78 is 5.36. The highest BCUT2D eigenvalue weighted by atomic mass is 35.5. The lowest BCUT2D eigenvalue weighted by Gasteiger charge is -2.23. The number of rotatable bonds is 7. The van der Waals surface area contributed by atoms with E-state index in [1.165, 1.54) is 6.20 Å². The number of ether oxygens (including phenoxy) is 1. The van der Waals surface area contributed by atoms with Crippen molar-refractivity contribution in [2.45, 2.75) is 25.7 Å². The van der Waals surface area contributed by atoms with Crippen molar-refractivity contribution in [3.8, 4) is 0 Å². The van der Waals surface area contributed by atoms with Gasteiger partial charge in [0, 0.05) is 43.5 Å². The highest BCUT2D eigenvalue weighted by molar-refractivity contribution is 6.36. The van der Waals surface area contributed by atoms with Crippen molar-refractivity contribution >= 4 is 40.6 Å². The van der Waals surface area contributed by atoms with Crippen LogP contribution in [-0.2, 0) is 4.74 Å². The molecule has 0 radical (unpaired) electrons. The molecule has 1 aromatic heterocycles. The van der Waals surface area contributed by atoms with Crippen LogP contribution in [0.4, 0.5) is 11.5 Å². The third-order valence-electron chi connectivity index (χ3n) is 5.07. The second-order valence-electron chi connectivity index (χ2n) is 7.26. The summed E-state index contributed by atoms with van der Waals surface area (Å²) in [7, 11) is 0. The Morgan fingerprint density at radius 3 is 2.76 bits per heavy atom. The van der Waals surface area contributed by atoms with E-state index in [0.29, 0.717) is 39.6 Å². The summed E-state index contributed by atoms with van der Waals surface area (Å²) in [6.07, 6.45) is 3.43. The first kappa shape index (κ1) is 21.8. The van der Waals surface area contributed by atoms with Crippen LogP contribution in [0.5, 0.6) is 0 Å². The summed E-state index contributed by atoms with van der Waals surface area (Å²) in [5.74, 6) is 0.552. The van der Waals surface area contributed by atoms with E-state index in [1.54, 1.807) is 24.3 Å². The predicted molar refractivity (Wildman–Crippen MR) is 115 cm³/mol. The van der Waals surface area contributed by atoms with Gasteiger partial charge >= 0.3 is 0 Å². The van der Waals surface area contributed by atoms with Crippen LogP contribution in [0.25, 0.3) is 0 Å². The molecule has 3 rings (SSSR count).